The first kappa shape index (κ1) is 14.5. The van der Waals surface area contributed by atoms with Gasteiger partial charge in [-0.3, -0.25) is 4.79 Å². The molecule has 3 rings (SSSR count). The Labute approximate surface area is 127 Å². The average molecular weight is 302 g/mol. The number of hydrogen-bond donors (Lipinski definition) is 2. The van der Waals surface area contributed by atoms with Gasteiger partial charge in [-0.1, -0.05) is 0 Å². The highest BCUT2D eigenvalue weighted by molar-refractivity contribution is 5.92. The highest BCUT2D eigenvalue weighted by Gasteiger charge is 2.34. The summed E-state index contributed by atoms with van der Waals surface area (Å²) < 4.78 is 1.72. The van der Waals surface area contributed by atoms with E-state index in [1.807, 2.05) is 18.0 Å². The van der Waals surface area contributed by atoms with Gasteiger partial charge in [0.25, 0.3) is 5.91 Å². The van der Waals surface area contributed by atoms with Crippen LogP contribution in [0.1, 0.15) is 10.5 Å². The first-order valence-corrected chi connectivity index (χ1v) is 7.08. The van der Waals surface area contributed by atoms with Crippen LogP contribution in [0.25, 0.3) is 0 Å². The van der Waals surface area contributed by atoms with E-state index in [9.17, 15) is 9.90 Å². The van der Waals surface area contributed by atoms with Crippen LogP contribution in [0.3, 0.4) is 0 Å². The highest BCUT2D eigenvalue weighted by atomic mass is 16.3. The van der Waals surface area contributed by atoms with E-state index in [0.29, 0.717) is 18.8 Å². The first-order chi connectivity index (χ1) is 10.7. The molecule has 116 valence electrons. The Morgan fingerprint density at radius 3 is 2.95 bits per heavy atom. The average Bonchev–Trinajstić information content (AvgIpc) is 3.14. The number of aliphatic hydroxyl groups is 1. The number of amides is 1. The molecule has 1 saturated heterocycles. The Bertz CT molecular complexity index is 644. The third kappa shape index (κ3) is 2.91. The molecule has 22 heavy (non-hydrogen) atoms. The summed E-state index contributed by atoms with van der Waals surface area (Å²) in [6.45, 7) is 1.25. The number of imidazole rings is 1. The number of carbonyl (C=O) groups is 1. The van der Waals surface area contributed by atoms with E-state index in [0.717, 1.165) is 5.82 Å². The quantitative estimate of drug-likeness (QED) is 0.786. The molecule has 2 atom stereocenters. The van der Waals surface area contributed by atoms with Gasteiger partial charge in [0.15, 0.2) is 0 Å². The summed E-state index contributed by atoms with van der Waals surface area (Å²) >= 11 is 0. The van der Waals surface area contributed by atoms with Crippen molar-refractivity contribution < 1.29 is 9.90 Å². The normalized spacial score (nSPS) is 21.1. The minimum Gasteiger partial charge on any atom is -0.396 e. The second-order valence-electron chi connectivity index (χ2n) is 5.42. The van der Waals surface area contributed by atoms with Gasteiger partial charge in [0.1, 0.15) is 17.8 Å². The highest BCUT2D eigenvalue weighted by Crippen LogP contribution is 2.22. The van der Waals surface area contributed by atoms with Crippen LogP contribution >= 0.6 is 0 Å². The van der Waals surface area contributed by atoms with Crippen LogP contribution in [0.4, 0.5) is 5.82 Å². The summed E-state index contributed by atoms with van der Waals surface area (Å²) in [5, 5.41) is 12.5. The molecule has 0 aliphatic carbocycles. The number of hydrogen-bond acceptors (Lipinski definition) is 6. The molecule has 1 aliphatic heterocycles. The number of anilines is 1. The number of aliphatic hydroxyl groups excluding tert-OH is 1. The zero-order chi connectivity index (χ0) is 15.5. The van der Waals surface area contributed by atoms with E-state index in [-0.39, 0.29) is 24.5 Å². The summed E-state index contributed by atoms with van der Waals surface area (Å²) in [6.07, 6.45) is 6.42. The topological polar surface area (TPSA) is 96.2 Å². The second-order valence-corrected chi connectivity index (χ2v) is 5.42. The molecule has 8 nitrogen and oxygen atoms in total. The van der Waals surface area contributed by atoms with Crippen LogP contribution in [0.5, 0.6) is 0 Å². The van der Waals surface area contributed by atoms with Crippen molar-refractivity contribution in [1.82, 2.24) is 24.8 Å². The van der Waals surface area contributed by atoms with E-state index in [4.69, 9.17) is 0 Å². The standard InChI is InChI=1S/C14H18N6O2/c1-19-5-12(17-9-19)14(22)18-11-6-20(4-10(11)7-21)13-2-3-15-8-16-13/h2-3,5,8-11,21H,4,6-7H2,1H3,(H,18,22)/t10-,11+/m0/s1. The lowest BCUT2D eigenvalue weighted by molar-refractivity contribution is 0.0917. The van der Waals surface area contributed by atoms with Crippen molar-refractivity contribution in [2.24, 2.45) is 13.0 Å². The molecule has 0 bridgehead atoms. The van der Waals surface area contributed by atoms with Gasteiger partial charge < -0.3 is 19.9 Å². The Morgan fingerprint density at radius 2 is 2.32 bits per heavy atom. The predicted octanol–water partition coefficient (Wildman–Crippen LogP) is -0.563. The molecule has 0 radical (unpaired) electrons. The van der Waals surface area contributed by atoms with E-state index in [2.05, 4.69) is 20.3 Å². The van der Waals surface area contributed by atoms with Gasteiger partial charge in [-0.25, -0.2) is 15.0 Å². The number of aryl methyl sites for hydroxylation is 1. The van der Waals surface area contributed by atoms with E-state index in [1.165, 1.54) is 6.33 Å². The minimum atomic E-state index is -0.228. The Morgan fingerprint density at radius 1 is 1.45 bits per heavy atom. The fourth-order valence-electron chi connectivity index (χ4n) is 2.65. The van der Waals surface area contributed by atoms with Crippen LogP contribution in [0, 0.1) is 5.92 Å². The van der Waals surface area contributed by atoms with Crippen molar-refractivity contribution in [2.45, 2.75) is 6.04 Å². The predicted molar refractivity (Wildman–Crippen MR) is 79.3 cm³/mol. The van der Waals surface area contributed by atoms with Crippen molar-refractivity contribution in [3.05, 3.63) is 36.8 Å². The molecule has 0 spiro atoms. The van der Waals surface area contributed by atoms with Crippen LogP contribution < -0.4 is 10.2 Å². The molecule has 0 unspecified atom stereocenters. The van der Waals surface area contributed by atoms with Crippen LogP contribution in [0.2, 0.25) is 0 Å². The lowest BCUT2D eigenvalue weighted by Gasteiger charge is -2.17. The van der Waals surface area contributed by atoms with Gasteiger partial charge in [0.05, 0.1) is 12.4 Å². The summed E-state index contributed by atoms with van der Waals surface area (Å²) in [4.78, 5) is 26.4. The van der Waals surface area contributed by atoms with Gasteiger partial charge in [-0.15, -0.1) is 0 Å². The molecule has 2 aromatic heterocycles. The number of nitrogens with one attached hydrogen (secondary N) is 1. The molecule has 1 amide bonds. The maximum Gasteiger partial charge on any atom is 0.271 e. The molecule has 8 heteroatoms. The smallest absolute Gasteiger partial charge is 0.271 e. The zero-order valence-corrected chi connectivity index (χ0v) is 12.3. The number of rotatable bonds is 4. The molecule has 0 saturated carbocycles. The fourth-order valence-corrected chi connectivity index (χ4v) is 2.65. The van der Waals surface area contributed by atoms with Crippen LogP contribution in [-0.4, -0.2) is 56.3 Å². The Hall–Kier alpha value is -2.48. The van der Waals surface area contributed by atoms with Crippen molar-refractivity contribution >= 4 is 11.7 Å². The third-order valence-electron chi connectivity index (χ3n) is 3.82. The second kappa shape index (κ2) is 6.10. The van der Waals surface area contributed by atoms with Gasteiger partial charge in [-0.05, 0) is 6.07 Å². The van der Waals surface area contributed by atoms with E-state index >= 15 is 0 Å². The summed E-state index contributed by atoms with van der Waals surface area (Å²) in [7, 11) is 1.81. The summed E-state index contributed by atoms with van der Waals surface area (Å²) in [6, 6.07) is 1.67. The maximum absolute atomic E-state index is 12.2. The SMILES string of the molecule is Cn1cnc(C(=O)N[C@@H]2CN(c3ccncn3)C[C@H]2CO)c1. The molecule has 2 N–H and O–H groups in total. The molecule has 1 fully saturated rings. The molecular weight excluding hydrogens is 284 g/mol. The third-order valence-corrected chi connectivity index (χ3v) is 3.82. The van der Waals surface area contributed by atoms with Crippen molar-refractivity contribution in [3.63, 3.8) is 0 Å². The summed E-state index contributed by atoms with van der Waals surface area (Å²) in [5.41, 5.74) is 0.375. The van der Waals surface area contributed by atoms with Crippen LogP contribution in [-0.2, 0) is 7.05 Å². The minimum absolute atomic E-state index is 0.00868. The maximum atomic E-state index is 12.2. The van der Waals surface area contributed by atoms with Gasteiger partial charge in [-0.2, -0.15) is 0 Å². The van der Waals surface area contributed by atoms with Gasteiger partial charge in [0.2, 0.25) is 0 Å². The number of aromatic nitrogens is 4. The first-order valence-electron chi connectivity index (χ1n) is 7.08. The van der Waals surface area contributed by atoms with E-state index < -0.39 is 0 Å². The zero-order valence-electron chi connectivity index (χ0n) is 12.3. The van der Waals surface area contributed by atoms with Crippen LogP contribution in [0.15, 0.2) is 31.1 Å². The largest absolute Gasteiger partial charge is 0.396 e. The summed E-state index contributed by atoms with van der Waals surface area (Å²) in [5.74, 6) is 0.527. The van der Waals surface area contributed by atoms with Crippen molar-refractivity contribution in [1.29, 1.82) is 0 Å². The number of carbonyl (C=O) groups excluding carboxylic acids is 1. The molecule has 0 aromatic carbocycles. The van der Waals surface area contributed by atoms with Gasteiger partial charge >= 0.3 is 0 Å². The molecule has 2 aromatic rings. The Balaban J connectivity index is 1.69. The molecular formula is C14H18N6O2. The lowest BCUT2D eigenvalue weighted by atomic mass is 10.1. The fraction of sp³-hybridized carbons (Fsp3) is 0.429. The van der Waals surface area contributed by atoms with Crippen molar-refractivity contribution in [2.75, 3.05) is 24.6 Å². The molecule has 1 aliphatic rings. The monoisotopic (exact) mass is 302 g/mol. The van der Waals surface area contributed by atoms with E-state index in [1.54, 1.807) is 23.3 Å². The Kier molecular flexibility index (Phi) is 4.01. The van der Waals surface area contributed by atoms with Gasteiger partial charge in [0, 0.05) is 45.1 Å². The number of nitrogens with zero attached hydrogens (tertiary/aromatic N) is 5. The van der Waals surface area contributed by atoms with Crippen molar-refractivity contribution in [3.8, 4) is 0 Å². The molecule has 3 heterocycles. The lowest BCUT2D eigenvalue weighted by Crippen LogP contribution is -2.41.